The highest BCUT2D eigenvalue weighted by Crippen LogP contribution is 2.27. The number of benzene rings is 1. The van der Waals surface area contributed by atoms with Crippen LogP contribution in [0.3, 0.4) is 0 Å². The Hall–Kier alpha value is -2.62. The van der Waals surface area contributed by atoms with E-state index in [-0.39, 0.29) is 47.6 Å². The summed E-state index contributed by atoms with van der Waals surface area (Å²) in [6, 6.07) is 5.18. The van der Waals surface area contributed by atoms with Gasteiger partial charge in [0.1, 0.15) is 16.9 Å². The van der Waals surface area contributed by atoms with Gasteiger partial charge in [-0.3, -0.25) is 24.3 Å². The largest absolute Gasteiger partial charge is 0.309 e. The summed E-state index contributed by atoms with van der Waals surface area (Å²) >= 11 is 18.5. The molecule has 12 heteroatoms. The number of hydrogen-bond acceptors (Lipinski definition) is 5. The van der Waals surface area contributed by atoms with Crippen LogP contribution in [-0.4, -0.2) is 30.4 Å². The third-order valence-corrected chi connectivity index (χ3v) is 5.03. The normalized spacial score (nSPS) is 10.9. The summed E-state index contributed by atoms with van der Waals surface area (Å²) in [5.74, 6) is -0.161. The number of nitrogens with one attached hydrogen (secondary N) is 1. The van der Waals surface area contributed by atoms with Crippen LogP contribution in [0.1, 0.15) is 17.7 Å². The zero-order valence-corrected chi connectivity index (χ0v) is 17.4. The number of rotatable bonds is 7. The standard InChI is InChI=1S/C17H15Cl3N6O3/c1-10-15(26(28)29)9-24(22-10)6-5-16(27)21-17-14(20)8-25(23-17)7-11-12(18)3-2-4-13(11)19/h2-4,8-9H,5-7H2,1H3,(H,21,23,27). The number of hydrogen-bond donors (Lipinski definition) is 1. The number of anilines is 1. The number of halogens is 3. The molecule has 0 bridgehead atoms. The SMILES string of the molecule is Cc1nn(CCC(=O)Nc2nn(Cc3c(Cl)cccc3Cl)cc2Cl)cc1[N+](=O)[O-]. The van der Waals surface area contributed by atoms with Crippen LogP contribution in [-0.2, 0) is 17.9 Å². The first-order valence-electron chi connectivity index (χ1n) is 8.38. The van der Waals surface area contributed by atoms with Crippen molar-refractivity contribution in [2.24, 2.45) is 0 Å². The summed E-state index contributed by atoms with van der Waals surface area (Å²) in [5.41, 5.74) is 0.879. The molecule has 2 aromatic heterocycles. The van der Waals surface area contributed by atoms with Crippen molar-refractivity contribution in [1.29, 1.82) is 0 Å². The summed E-state index contributed by atoms with van der Waals surface area (Å²) in [7, 11) is 0. The van der Waals surface area contributed by atoms with Gasteiger partial charge < -0.3 is 5.32 Å². The Morgan fingerprint density at radius 3 is 2.45 bits per heavy atom. The van der Waals surface area contributed by atoms with Gasteiger partial charge in [-0.25, -0.2) is 0 Å². The minimum absolute atomic E-state index is 0.0395. The van der Waals surface area contributed by atoms with Crippen molar-refractivity contribution in [2.45, 2.75) is 26.4 Å². The van der Waals surface area contributed by atoms with Crippen LogP contribution in [0.2, 0.25) is 15.1 Å². The molecule has 1 aromatic carbocycles. The highest BCUT2D eigenvalue weighted by molar-refractivity contribution is 6.36. The lowest BCUT2D eigenvalue weighted by Gasteiger charge is -2.07. The Kier molecular flexibility index (Phi) is 6.41. The number of carbonyl (C=O) groups is 1. The summed E-state index contributed by atoms with van der Waals surface area (Å²) in [5, 5.41) is 23.0. The van der Waals surface area contributed by atoms with Gasteiger partial charge in [0.05, 0.1) is 11.5 Å². The van der Waals surface area contributed by atoms with Gasteiger partial charge in [-0.15, -0.1) is 0 Å². The molecule has 152 valence electrons. The lowest BCUT2D eigenvalue weighted by atomic mass is 10.2. The average molecular weight is 458 g/mol. The Morgan fingerprint density at radius 2 is 1.83 bits per heavy atom. The maximum absolute atomic E-state index is 12.2. The van der Waals surface area contributed by atoms with Crippen molar-refractivity contribution >= 4 is 52.2 Å². The van der Waals surface area contributed by atoms with E-state index in [1.54, 1.807) is 24.4 Å². The van der Waals surface area contributed by atoms with Crippen LogP contribution in [0, 0.1) is 17.0 Å². The third-order valence-electron chi connectivity index (χ3n) is 4.04. The zero-order chi connectivity index (χ0) is 21.1. The maximum atomic E-state index is 12.2. The lowest BCUT2D eigenvalue weighted by molar-refractivity contribution is -0.385. The molecule has 0 aliphatic heterocycles. The second kappa shape index (κ2) is 8.81. The predicted molar refractivity (Wildman–Crippen MR) is 110 cm³/mol. The molecule has 0 atom stereocenters. The molecule has 0 fully saturated rings. The van der Waals surface area contributed by atoms with Gasteiger partial charge in [0.15, 0.2) is 5.82 Å². The minimum Gasteiger partial charge on any atom is -0.308 e. The molecule has 0 radical (unpaired) electrons. The Morgan fingerprint density at radius 1 is 1.14 bits per heavy atom. The fraction of sp³-hybridized carbons (Fsp3) is 0.235. The molecule has 9 nitrogen and oxygen atoms in total. The molecular formula is C17H15Cl3N6O3. The molecule has 0 aliphatic rings. The number of aromatic nitrogens is 4. The number of carbonyl (C=O) groups excluding carboxylic acids is 1. The molecule has 1 amide bonds. The topological polar surface area (TPSA) is 108 Å². The van der Waals surface area contributed by atoms with Crippen LogP contribution >= 0.6 is 34.8 Å². The summed E-state index contributed by atoms with van der Waals surface area (Å²) in [6.45, 7) is 1.99. The van der Waals surface area contributed by atoms with Crippen molar-refractivity contribution < 1.29 is 9.72 Å². The second-order valence-corrected chi connectivity index (χ2v) is 7.36. The average Bonchev–Trinajstić information content (AvgIpc) is 3.19. The van der Waals surface area contributed by atoms with Crippen LogP contribution in [0.4, 0.5) is 11.5 Å². The van der Waals surface area contributed by atoms with E-state index in [0.29, 0.717) is 15.6 Å². The first-order chi connectivity index (χ1) is 13.7. The number of nitrogens with zero attached hydrogens (tertiary/aromatic N) is 5. The van der Waals surface area contributed by atoms with Gasteiger partial charge in [0.25, 0.3) is 0 Å². The number of nitro groups is 1. The maximum Gasteiger partial charge on any atom is 0.309 e. The van der Waals surface area contributed by atoms with Crippen LogP contribution in [0.25, 0.3) is 0 Å². The Bertz CT molecular complexity index is 1060. The van der Waals surface area contributed by atoms with E-state index in [2.05, 4.69) is 15.5 Å². The zero-order valence-electron chi connectivity index (χ0n) is 15.1. The van der Waals surface area contributed by atoms with Crippen molar-refractivity contribution in [1.82, 2.24) is 19.6 Å². The van der Waals surface area contributed by atoms with Crippen molar-refractivity contribution in [3.05, 3.63) is 67.0 Å². The molecule has 0 aliphatic carbocycles. The van der Waals surface area contributed by atoms with E-state index in [0.717, 1.165) is 0 Å². The lowest BCUT2D eigenvalue weighted by Crippen LogP contribution is -2.15. The van der Waals surface area contributed by atoms with Crippen LogP contribution < -0.4 is 5.32 Å². The quantitative estimate of drug-likeness (QED) is 0.419. The highest BCUT2D eigenvalue weighted by atomic mass is 35.5. The summed E-state index contributed by atoms with van der Waals surface area (Å²) in [6.07, 6.45) is 2.88. The molecule has 3 aromatic rings. The third kappa shape index (κ3) is 5.06. The molecule has 29 heavy (non-hydrogen) atoms. The molecule has 1 N–H and O–H groups in total. The number of amides is 1. The van der Waals surface area contributed by atoms with E-state index < -0.39 is 4.92 Å². The smallest absolute Gasteiger partial charge is 0.308 e. The van der Waals surface area contributed by atoms with Gasteiger partial charge in [-0.2, -0.15) is 10.2 Å². The van der Waals surface area contributed by atoms with Gasteiger partial charge in [0.2, 0.25) is 5.91 Å². The fourth-order valence-corrected chi connectivity index (χ4v) is 3.33. The second-order valence-electron chi connectivity index (χ2n) is 6.14. The Balaban J connectivity index is 1.62. The fourth-order valence-electron chi connectivity index (χ4n) is 2.62. The van der Waals surface area contributed by atoms with Crippen molar-refractivity contribution in [2.75, 3.05) is 5.32 Å². The minimum atomic E-state index is -0.517. The van der Waals surface area contributed by atoms with E-state index >= 15 is 0 Å². The van der Waals surface area contributed by atoms with E-state index in [1.807, 2.05) is 0 Å². The number of aryl methyl sites for hydroxylation is 2. The Labute approximate surface area is 180 Å². The van der Waals surface area contributed by atoms with Crippen LogP contribution in [0.5, 0.6) is 0 Å². The molecular weight excluding hydrogens is 443 g/mol. The summed E-state index contributed by atoms with van der Waals surface area (Å²) in [4.78, 5) is 22.5. The molecule has 2 heterocycles. The van der Waals surface area contributed by atoms with Gasteiger partial charge >= 0.3 is 5.69 Å². The molecule has 3 rings (SSSR count). The molecule has 0 saturated heterocycles. The first-order valence-corrected chi connectivity index (χ1v) is 9.52. The van der Waals surface area contributed by atoms with E-state index in [9.17, 15) is 14.9 Å². The van der Waals surface area contributed by atoms with Crippen molar-refractivity contribution in [3.63, 3.8) is 0 Å². The van der Waals surface area contributed by atoms with E-state index in [1.165, 1.54) is 22.5 Å². The summed E-state index contributed by atoms with van der Waals surface area (Å²) < 4.78 is 2.87. The van der Waals surface area contributed by atoms with Gasteiger partial charge in [-0.1, -0.05) is 40.9 Å². The molecule has 0 saturated carbocycles. The molecule has 0 spiro atoms. The monoisotopic (exact) mass is 456 g/mol. The van der Waals surface area contributed by atoms with Gasteiger partial charge in [-0.05, 0) is 19.1 Å². The van der Waals surface area contributed by atoms with Crippen LogP contribution in [0.15, 0.2) is 30.6 Å². The van der Waals surface area contributed by atoms with Gasteiger partial charge in [0, 0.05) is 34.8 Å². The van der Waals surface area contributed by atoms with E-state index in [4.69, 9.17) is 34.8 Å². The highest BCUT2D eigenvalue weighted by Gasteiger charge is 2.17. The predicted octanol–water partition coefficient (Wildman–Crippen LogP) is 4.33. The molecule has 0 unspecified atom stereocenters. The van der Waals surface area contributed by atoms with Crippen molar-refractivity contribution in [3.8, 4) is 0 Å². The first kappa shape index (κ1) is 21.1.